The normalized spacial score (nSPS) is 9.89. The summed E-state index contributed by atoms with van der Waals surface area (Å²) in [5, 5.41) is 2.77. The number of rotatable bonds is 6. The number of thioether (sulfide) groups is 1. The second-order valence-corrected chi connectivity index (χ2v) is 5.59. The summed E-state index contributed by atoms with van der Waals surface area (Å²) in [6.07, 6.45) is 0. The molecule has 98 valence electrons. The van der Waals surface area contributed by atoms with E-state index in [1.807, 2.05) is 24.3 Å². The molecule has 0 spiro atoms. The zero-order chi connectivity index (χ0) is 13.4. The maximum absolute atomic E-state index is 11.6. The molecule has 0 aromatic heterocycles. The minimum Gasteiger partial charge on any atom is -0.465 e. The van der Waals surface area contributed by atoms with Crippen molar-refractivity contribution in [3.05, 3.63) is 27.8 Å². The predicted molar refractivity (Wildman–Crippen MR) is 81.7 cm³/mol. The van der Waals surface area contributed by atoms with E-state index in [0.717, 1.165) is 9.26 Å². The number of benzene rings is 1. The highest BCUT2D eigenvalue weighted by Gasteiger charge is 2.06. The van der Waals surface area contributed by atoms with E-state index in [2.05, 4.69) is 27.9 Å². The van der Waals surface area contributed by atoms with Crippen LogP contribution in [0, 0.1) is 3.57 Å². The van der Waals surface area contributed by atoms with E-state index >= 15 is 0 Å². The van der Waals surface area contributed by atoms with Crippen molar-refractivity contribution in [2.24, 2.45) is 0 Å². The molecule has 0 aliphatic heterocycles. The van der Waals surface area contributed by atoms with Crippen LogP contribution in [0.3, 0.4) is 0 Å². The summed E-state index contributed by atoms with van der Waals surface area (Å²) in [5.74, 6) is 0.0357. The van der Waals surface area contributed by atoms with Crippen LogP contribution in [0.15, 0.2) is 24.3 Å². The second kappa shape index (κ2) is 8.36. The first-order valence-corrected chi connectivity index (χ1v) is 7.64. The SMILES string of the molecule is CCOC(=O)CSCC(=O)Nc1cccc(I)c1. The van der Waals surface area contributed by atoms with Gasteiger partial charge in [-0.2, -0.15) is 0 Å². The molecule has 0 aliphatic rings. The molecule has 0 saturated carbocycles. The van der Waals surface area contributed by atoms with E-state index in [1.165, 1.54) is 11.8 Å². The van der Waals surface area contributed by atoms with Gasteiger partial charge >= 0.3 is 5.97 Å². The summed E-state index contributed by atoms with van der Waals surface area (Å²) < 4.78 is 5.83. The van der Waals surface area contributed by atoms with E-state index in [4.69, 9.17) is 4.74 Å². The number of halogens is 1. The van der Waals surface area contributed by atoms with Gasteiger partial charge in [0.25, 0.3) is 0 Å². The molecule has 1 aromatic rings. The van der Waals surface area contributed by atoms with Gasteiger partial charge < -0.3 is 10.1 Å². The Morgan fingerprint density at radius 1 is 1.39 bits per heavy atom. The fourth-order valence-corrected chi connectivity index (χ4v) is 2.35. The number of hydrogen-bond acceptors (Lipinski definition) is 4. The van der Waals surface area contributed by atoms with Crippen molar-refractivity contribution < 1.29 is 14.3 Å². The minimum atomic E-state index is -0.287. The summed E-state index contributed by atoms with van der Waals surface area (Å²) in [4.78, 5) is 22.6. The average Bonchev–Trinajstić information content (AvgIpc) is 2.29. The van der Waals surface area contributed by atoms with Crippen LogP contribution in [0.2, 0.25) is 0 Å². The van der Waals surface area contributed by atoms with E-state index in [1.54, 1.807) is 6.92 Å². The van der Waals surface area contributed by atoms with Crippen LogP contribution in [0.4, 0.5) is 5.69 Å². The van der Waals surface area contributed by atoms with Gasteiger partial charge in [-0.1, -0.05) is 6.07 Å². The van der Waals surface area contributed by atoms with E-state index < -0.39 is 0 Å². The van der Waals surface area contributed by atoms with E-state index in [9.17, 15) is 9.59 Å². The van der Waals surface area contributed by atoms with Gasteiger partial charge in [-0.3, -0.25) is 9.59 Å². The van der Waals surface area contributed by atoms with Gasteiger partial charge in [-0.25, -0.2) is 0 Å². The maximum atomic E-state index is 11.6. The summed E-state index contributed by atoms with van der Waals surface area (Å²) in [7, 11) is 0. The van der Waals surface area contributed by atoms with Gasteiger partial charge in [0, 0.05) is 9.26 Å². The first-order chi connectivity index (χ1) is 8.61. The molecule has 18 heavy (non-hydrogen) atoms. The highest BCUT2D eigenvalue weighted by molar-refractivity contribution is 14.1. The van der Waals surface area contributed by atoms with Crippen LogP contribution in [0.5, 0.6) is 0 Å². The fraction of sp³-hybridized carbons (Fsp3) is 0.333. The molecule has 0 fully saturated rings. The Kier molecular flexibility index (Phi) is 7.11. The highest BCUT2D eigenvalue weighted by atomic mass is 127. The zero-order valence-corrected chi connectivity index (χ0v) is 12.9. The molecule has 1 amide bonds. The molecule has 1 aromatic carbocycles. The van der Waals surface area contributed by atoms with Crippen molar-refractivity contribution in [1.29, 1.82) is 0 Å². The van der Waals surface area contributed by atoms with Crippen molar-refractivity contribution in [1.82, 2.24) is 0 Å². The van der Waals surface area contributed by atoms with Crippen LogP contribution < -0.4 is 5.32 Å². The first-order valence-electron chi connectivity index (χ1n) is 5.40. The van der Waals surface area contributed by atoms with Crippen molar-refractivity contribution in [2.45, 2.75) is 6.92 Å². The Labute approximate surface area is 124 Å². The lowest BCUT2D eigenvalue weighted by Gasteiger charge is -2.05. The molecule has 0 atom stereocenters. The molecule has 0 unspecified atom stereocenters. The van der Waals surface area contributed by atoms with Gasteiger partial charge in [0.05, 0.1) is 18.1 Å². The largest absolute Gasteiger partial charge is 0.465 e. The second-order valence-electron chi connectivity index (χ2n) is 3.36. The third-order valence-electron chi connectivity index (χ3n) is 1.87. The van der Waals surface area contributed by atoms with Crippen LogP contribution in [-0.2, 0) is 14.3 Å². The molecule has 4 nitrogen and oxygen atoms in total. The fourth-order valence-electron chi connectivity index (χ4n) is 1.19. The molecule has 6 heteroatoms. The third kappa shape index (κ3) is 6.25. The molecule has 0 bridgehead atoms. The van der Waals surface area contributed by atoms with E-state index in [-0.39, 0.29) is 23.4 Å². The molecule has 1 rings (SSSR count). The van der Waals surface area contributed by atoms with Crippen LogP contribution in [0.25, 0.3) is 0 Å². The van der Waals surface area contributed by atoms with Gasteiger partial charge in [0.2, 0.25) is 5.91 Å². The number of nitrogens with one attached hydrogen (secondary N) is 1. The summed E-state index contributed by atoms with van der Waals surface area (Å²) >= 11 is 3.43. The van der Waals surface area contributed by atoms with Crippen molar-refractivity contribution in [2.75, 3.05) is 23.4 Å². The number of anilines is 1. The van der Waals surface area contributed by atoms with Gasteiger partial charge in [0.1, 0.15) is 0 Å². The highest BCUT2D eigenvalue weighted by Crippen LogP contribution is 2.13. The zero-order valence-electron chi connectivity index (χ0n) is 9.94. The number of ether oxygens (including phenoxy) is 1. The van der Waals surface area contributed by atoms with Crippen LogP contribution >= 0.6 is 34.4 Å². The first kappa shape index (κ1) is 15.3. The Bertz CT molecular complexity index is 426. The lowest BCUT2D eigenvalue weighted by Crippen LogP contribution is -2.16. The number of hydrogen-bond donors (Lipinski definition) is 1. The molecular weight excluding hydrogens is 365 g/mol. The van der Waals surface area contributed by atoms with Gasteiger partial charge in [0.15, 0.2) is 0 Å². The molecule has 0 radical (unpaired) electrons. The summed E-state index contributed by atoms with van der Waals surface area (Å²) in [6, 6.07) is 7.54. The van der Waals surface area contributed by atoms with Crippen molar-refractivity contribution in [3.8, 4) is 0 Å². The number of carbonyl (C=O) groups excluding carboxylic acids is 2. The average molecular weight is 379 g/mol. The molecule has 1 N–H and O–H groups in total. The number of carbonyl (C=O) groups is 2. The topological polar surface area (TPSA) is 55.4 Å². The van der Waals surface area contributed by atoms with Gasteiger partial charge in [-0.15, -0.1) is 11.8 Å². The van der Waals surface area contributed by atoms with Crippen molar-refractivity contribution >= 4 is 51.9 Å². The monoisotopic (exact) mass is 379 g/mol. The Balaban J connectivity index is 2.28. The quantitative estimate of drug-likeness (QED) is 0.610. The maximum Gasteiger partial charge on any atom is 0.315 e. The third-order valence-corrected chi connectivity index (χ3v) is 3.44. The Hall–Kier alpha value is -0.760. The Morgan fingerprint density at radius 2 is 2.17 bits per heavy atom. The number of amides is 1. The lowest BCUT2D eigenvalue weighted by atomic mass is 10.3. The summed E-state index contributed by atoms with van der Waals surface area (Å²) in [6.45, 7) is 2.13. The Morgan fingerprint density at radius 3 is 2.83 bits per heavy atom. The summed E-state index contributed by atoms with van der Waals surface area (Å²) in [5.41, 5.74) is 0.767. The van der Waals surface area contributed by atoms with Gasteiger partial charge in [-0.05, 0) is 47.7 Å². The molecule has 0 heterocycles. The predicted octanol–water partition coefficient (Wildman–Crippen LogP) is 2.53. The standard InChI is InChI=1S/C12H14INO3S/c1-2-17-12(16)8-18-7-11(15)14-10-5-3-4-9(13)6-10/h3-6H,2,7-8H2,1H3,(H,14,15). The van der Waals surface area contributed by atoms with Crippen LogP contribution in [-0.4, -0.2) is 30.0 Å². The van der Waals surface area contributed by atoms with E-state index in [0.29, 0.717) is 6.61 Å². The molecular formula is C12H14INO3S. The minimum absolute atomic E-state index is 0.119. The molecule has 0 aliphatic carbocycles. The lowest BCUT2D eigenvalue weighted by molar-refractivity contribution is -0.139. The van der Waals surface area contributed by atoms with Crippen molar-refractivity contribution in [3.63, 3.8) is 0 Å². The number of esters is 1. The molecule has 0 saturated heterocycles. The van der Waals surface area contributed by atoms with Crippen LogP contribution in [0.1, 0.15) is 6.92 Å². The smallest absolute Gasteiger partial charge is 0.315 e.